The van der Waals surface area contributed by atoms with E-state index in [1.807, 2.05) is 12.1 Å². The van der Waals surface area contributed by atoms with Crippen LogP contribution in [0, 0.1) is 5.92 Å². The minimum Gasteiger partial charge on any atom is -0.325 e. The van der Waals surface area contributed by atoms with Gasteiger partial charge in [0.15, 0.2) is 11.6 Å². The Hall–Kier alpha value is -5.88. The summed E-state index contributed by atoms with van der Waals surface area (Å²) >= 11 is 0. The van der Waals surface area contributed by atoms with Gasteiger partial charge in [0.25, 0.3) is 0 Å². The third kappa shape index (κ3) is 3.78. The smallest absolute Gasteiger partial charge is 0.179 e. The summed E-state index contributed by atoms with van der Waals surface area (Å²) in [6.07, 6.45) is 5.22. The quantitative estimate of drug-likeness (QED) is 0.195. The predicted molar refractivity (Wildman–Crippen MR) is 191 cm³/mol. The van der Waals surface area contributed by atoms with Crippen molar-refractivity contribution in [1.82, 2.24) is 9.97 Å². The molecular weight excluding hydrogens is 576 g/mol. The van der Waals surface area contributed by atoms with E-state index >= 15 is 0 Å². The van der Waals surface area contributed by atoms with Crippen LogP contribution >= 0.6 is 0 Å². The maximum atomic E-state index is 5.41. The lowest BCUT2D eigenvalue weighted by Gasteiger charge is -2.53. The zero-order valence-corrected chi connectivity index (χ0v) is 25.8. The molecule has 0 bridgehead atoms. The van der Waals surface area contributed by atoms with E-state index in [1.54, 1.807) is 0 Å². The van der Waals surface area contributed by atoms with Crippen LogP contribution in [0.5, 0.6) is 0 Å². The molecule has 5 aromatic carbocycles. The fraction of sp³-hybridized carbons (Fsp3) is 0.122. The van der Waals surface area contributed by atoms with E-state index in [1.165, 1.54) is 16.9 Å². The second-order valence-electron chi connectivity index (χ2n) is 12.8. The number of anilines is 6. The predicted octanol–water partition coefficient (Wildman–Crippen LogP) is 9.20. The molecule has 5 heterocycles. The number of hydrogen-bond donors (Lipinski definition) is 0. The molecule has 226 valence electrons. The molecule has 6 nitrogen and oxygen atoms in total. The molecule has 47 heavy (non-hydrogen) atoms. The minimum atomic E-state index is -0.143. The molecule has 4 unspecified atom stereocenters. The molecule has 4 aliphatic rings. The largest absolute Gasteiger partial charge is 0.325 e. The Morgan fingerprint density at radius 3 is 1.85 bits per heavy atom. The molecular formula is C41H32N6. The first-order valence-corrected chi connectivity index (χ1v) is 16.3. The van der Waals surface area contributed by atoms with E-state index in [0.717, 1.165) is 51.6 Å². The van der Waals surface area contributed by atoms with Gasteiger partial charge in [0, 0.05) is 46.9 Å². The first kappa shape index (κ1) is 26.3. The number of benzene rings is 5. The highest BCUT2D eigenvalue weighted by Crippen LogP contribution is 2.59. The zero-order valence-electron chi connectivity index (χ0n) is 25.8. The standard InChI is InChI=1S/C41H32N6/c1-27-26-32-31-19-9-12-22-35(31)45-25-24-44(28-14-4-2-5-15-28)40(45)37(32)41-46(29-16-6-3-7-17-29)38-39(43-34-21-11-10-20-33(34)42-38)47(41)36-23-13-8-18-30(27)36/h2-25,32,37,40-41H,1,26H2. The van der Waals surface area contributed by atoms with Gasteiger partial charge in [0.2, 0.25) is 0 Å². The molecule has 1 aromatic heterocycles. The second kappa shape index (κ2) is 10.1. The Balaban J connectivity index is 1.30. The van der Waals surface area contributed by atoms with Crippen molar-refractivity contribution in [1.29, 1.82) is 0 Å². The molecule has 4 aliphatic heterocycles. The maximum absolute atomic E-state index is 5.41. The number of rotatable bonds is 2. The lowest BCUT2D eigenvalue weighted by molar-refractivity contribution is 0.288. The monoisotopic (exact) mass is 608 g/mol. The summed E-state index contributed by atoms with van der Waals surface area (Å²) in [4.78, 5) is 20.7. The molecule has 0 saturated carbocycles. The summed E-state index contributed by atoms with van der Waals surface area (Å²) < 4.78 is 0. The summed E-state index contributed by atoms with van der Waals surface area (Å²) in [6, 6.07) is 47.4. The Bertz CT molecular complexity index is 2210. The van der Waals surface area contributed by atoms with E-state index in [9.17, 15) is 0 Å². The summed E-state index contributed by atoms with van der Waals surface area (Å²) in [5, 5.41) is 0. The number of hydrogen-bond acceptors (Lipinski definition) is 6. The van der Waals surface area contributed by atoms with Crippen LogP contribution in [0.2, 0.25) is 0 Å². The van der Waals surface area contributed by atoms with Crippen LogP contribution in [-0.4, -0.2) is 22.3 Å². The number of allylic oxidation sites excluding steroid dienone is 1. The van der Waals surface area contributed by atoms with Gasteiger partial charge < -0.3 is 19.6 Å². The van der Waals surface area contributed by atoms with Crippen LogP contribution < -0.4 is 19.6 Å². The van der Waals surface area contributed by atoms with Crippen LogP contribution in [0.15, 0.2) is 152 Å². The minimum absolute atomic E-state index is 0.00203. The number of fused-ring (bicyclic) bond motifs is 13. The zero-order chi connectivity index (χ0) is 31.1. The molecule has 6 heteroatoms. The molecule has 0 aliphatic carbocycles. The topological polar surface area (TPSA) is 38.7 Å². The van der Waals surface area contributed by atoms with Gasteiger partial charge in [0.1, 0.15) is 12.3 Å². The first-order valence-electron chi connectivity index (χ1n) is 16.3. The summed E-state index contributed by atoms with van der Waals surface area (Å²) in [5.74, 6) is 2.00. The van der Waals surface area contributed by atoms with E-state index in [4.69, 9.17) is 16.5 Å². The summed E-state index contributed by atoms with van der Waals surface area (Å²) in [6.45, 7) is 4.76. The Morgan fingerprint density at radius 2 is 1.11 bits per heavy atom. The Kier molecular flexibility index (Phi) is 5.64. The van der Waals surface area contributed by atoms with Gasteiger partial charge in [-0.05, 0) is 66.1 Å². The number of nitrogens with zero attached hydrogens (tertiary/aromatic N) is 6. The lowest BCUT2D eigenvalue weighted by atomic mass is 9.71. The third-order valence-electron chi connectivity index (χ3n) is 10.3. The van der Waals surface area contributed by atoms with Crippen molar-refractivity contribution in [3.05, 3.63) is 164 Å². The SMILES string of the molecule is C=C1CC2c3ccccc3N3C=CN(c4ccccc4)C3C2C2N(c3ccccc3)c3nc4ccccc4nc3N2c2ccccc21. The third-order valence-corrected chi connectivity index (χ3v) is 10.3. The van der Waals surface area contributed by atoms with E-state index < -0.39 is 0 Å². The number of para-hydroxylation sites is 6. The van der Waals surface area contributed by atoms with E-state index in [-0.39, 0.29) is 24.2 Å². The van der Waals surface area contributed by atoms with Gasteiger partial charge in [-0.1, -0.05) is 91.5 Å². The van der Waals surface area contributed by atoms with Gasteiger partial charge in [-0.15, -0.1) is 0 Å². The molecule has 4 atom stereocenters. The van der Waals surface area contributed by atoms with E-state index in [0.29, 0.717) is 0 Å². The highest BCUT2D eigenvalue weighted by Gasteiger charge is 2.56. The van der Waals surface area contributed by atoms with Crippen molar-refractivity contribution < 1.29 is 0 Å². The maximum Gasteiger partial charge on any atom is 0.179 e. The summed E-state index contributed by atoms with van der Waals surface area (Å²) in [7, 11) is 0. The molecule has 0 amide bonds. The Labute approximate surface area is 274 Å². The molecule has 0 N–H and O–H groups in total. The van der Waals surface area contributed by atoms with Gasteiger partial charge in [-0.25, -0.2) is 9.97 Å². The molecule has 0 fully saturated rings. The van der Waals surface area contributed by atoms with Crippen molar-refractivity contribution >= 4 is 51.0 Å². The van der Waals surface area contributed by atoms with Gasteiger partial charge in [-0.2, -0.15) is 0 Å². The van der Waals surface area contributed by atoms with Crippen LogP contribution in [-0.2, 0) is 0 Å². The van der Waals surface area contributed by atoms with Crippen molar-refractivity contribution in [2.24, 2.45) is 5.92 Å². The normalized spacial score (nSPS) is 22.2. The van der Waals surface area contributed by atoms with Gasteiger partial charge in [-0.3, -0.25) is 0 Å². The second-order valence-corrected chi connectivity index (χ2v) is 12.8. The van der Waals surface area contributed by atoms with Crippen LogP contribution in [0.25, 0.3) is 16.6 Å². The highest BCUT2D eigenvalue weighted by atomic mass is 15.5. The molecule has 6 aromatic rings. The van der Waals surface area contributed by atoms with Crippen molar-refractivity contribution in [3.8, 4) is 0 Å². The van der Waals surface area contributed by atoms with Crippen molar-refractivity contribution in [3.63, 3.8) is 0 Å². The molecule has 0 saturated heterocycles. The molecule has 10 rings (SSSR count). The lowest BCUT2D eigenvalue weighted by Crippen LogP contribution is -2.60. The van der Waals surface area contributed by atoms with Crippen molar-refractivity contribution in [2.45, 2.75) is 24.7 Å². The summed E-state index contributed by atoms with van der Waals surface area (Å²) in [5.41, 5.74) is 10.1. The average Bonchev–Trinajstić information content (AvgIpc) is 3.70. The van der Waals surface area contributed by atoms with Crippen molar-refractivity contribution in [2.75, 3.05) is 19.6 Å². The molecule has 0 radical (unpaired) electrons. The fourth-order valence-corrected chi connectivity index (χ4v) is 8.44. The average molecular weight is 609 g/mol. The Morgan fingerprint density at radius 1 is 0.532 bits per heavy atom. The fourth-order valence-electron chi connectivity index (χ4n) is 8.44. The van der Waals surface area contributed by atoms with Gasteiger partial charge >= 0.3 is 0 Å². The van der Waals surface area contributed by atoms with Crippen LogP contribution in [0.3, 0.4) is 0 Å². The number of aromatic nitrogens is 2. The van der Waals surface area contributed by atoms with Crippen LogP contribution in [0.4, 0.5) is 34.4 Å². The molecule has 0 spiro atoms. The van der Waals surface area contributed by atoms with E-state index in [2.05, 4.69) is 153 Å². The first-order chi connectivity index (χ1) is 23.3. The van der Waals surface area contributed by atoms with Gasteiger partial charge in [0.05, 0.1) is 16.7 Å². The highest BCUT2D eigenvalue weighted by molar-refractivity contribution is 5.93. The van der Waals surface area contributed by atoms with Crippen LogP contribution in [0.1, 0.15) is 23.5 Å².